The Bertz CT molecular complexity index is 421. The first-order chi connectivity index (χ1) is 8.47. The maximum atomic E-state index is 10.7. The molecule has 100 valence electrons. The number of nitrogens with one attached hydrogen (secondary N) is 1. The molecule has 2 unspecified atom stereocenters. The van der Waals surface area contributed by atoms with Crippen LogP contribution >= 0.6 is 0 Å². The van der Waals surface area contributed by atoms with Gasteiger partial charge in [-0.2, -0.15) is 0 Å². The van der Waals surface area contributed by atoms with Crippen molar-refractivity contribution in [3.63, 3.8) is 0 Å². The minimum Gasteiger partial charge on any atom is -0.314 e. The normalized spacial score (nSPS) is 14.2. The number of hydrogen-bond acceptors (Lipinski definition) is 4. The molecule has 0 spiro atoms. The van der Waals surface area contributed by atoms with Crippen molar-refractivity contribution in [2.75, 3.05) is 6.54 Å². The van der Waals surface area contributed by atoms with Gasteiger partial charge in [-0.05, 0) is 32.9 Å². The Morgan fingerprint density at radius 3 is 2.61 bits per heavy atom. The van der Waals surface area contributed by atoms with E-state index in [4.69, 9.17) is 0 Å². The van der Waals surface area contributed by atoms with E-state index >= 15 is 0 Å². The maximum absolute atomic E-state index is 10.7. The van der Waals surface area contributed by atoms with Crippen LogP contribution in [-0.4, -0.2) is 22.5 Å². The van der Waals surface area contributed by atoms with E-state index in [0.29, 0.717) is 11.7 Å². The van der Waals surface area contributed by atoms with Gasteiger partial charge in [0.15, 0.2) is 0 Å². The van der Waals surface area contributed by atoms with Gasteiger partial charge in [-0.15, -0.1) is 0 Å². The Kier molecular flexibility index (Phi) is 5.22. The molecule has 1 aromatic heterocycles. The Morgan fingerprint density at radius 1 is 1.44 bits per heavy atom. The molecule has 1 N–H and O–H groups in total. The summed E-state index contributed by atoms with van der Waals surface area (Å²) in [5.74, 6) is 0.232. The topological polar surface area (TPSA) is 68.1 Å². The Hall–Kier alpha value is -1.49. The predicted octanol–water partition coefficient (Wildman–Crippen LogP) is 2.79. The average Bonchev–Trinajstić information content (AvgIpc) is 2.34. The number of aryl methyl sites for hydroxylation is 1. The minimum atomic E-state index is -0.393. The molecule has 0 bridgehead atoms. The first-order valence-corrected chi connectivity index (χ1v) is 6.32. The molecule has 0 aliphatic heterocycles. The Balaban J connectivity index is 2.83. The van der Waals surface area contributed by atoms with Gasteiger partial charge in [0, 0.05) is 23.7 Å². The lowest BCUT2D eigenvalue weighted by Crippen LogP contribution is -2.31. The van der Waals surface area contributed by atoms with Crippen molar-refractivity contribution in [1.29, 1.82) is 0 Å². The summed E-state index contributed by atoms with van der Waals surface area (Å²) in [6, 6.07) is 3.60. The molecule has 0 saturated carbocycles. The van der Waals surface area contributed by atoms with Gasteiger partial charge < -0.3 is 5.32 Å². The van der Waals surface area contributed by atoms with Gasteiger partial charge in [0.2, 0.25) is 0 Å². The van der Waals surface area contributed by atoms with E-state index in [1.54, 1.807) is 19.1 Å². The summed E-state index contributed by atoms with van der Waals surface area (Å²) in [7, 11) is 0. The third-order valence-corrected chi connectivity index (χ3v) is 3.21. The van der Waals surface area contributed by atoms with E-state index < -0.39 is 4.92 Å². The van der Waals surface area contributed by atoms with Crippen LogP contribution in [0.5, 0.6) is 0 Å². The number of hydrogen-bond donors (Lipinski definition) is 1. The molecule has 2 atom stereocenters. The second kappa shape index (κ2) is 6.44. The van der Waals surface area contributed by atoms with Gasteiger partial charge in [0.05, 0.1) is 4.92 Å². The molecule has 0 saturated heterocycles. The van der Waals surface area contributed by atoms with Crippen LogP contribution < -0.4 is 5.32 Å². The molecule has 0 aliphatic carbocycles. The van der Waals surface area contributed by atoms with Crippen molar-refractivity contribution in [3.8, 4) is 0 Å². The van der Waals surface area contributed by atoms with Crippen molar-refractivity contribution < 1.29 is 4.92 Å². The molecule has 0 fully saturated rings. The molecule has 1 heterocycles. The molecule has 18 heavy (non-hydrogen) atoms. The van der Waals surface area contributed by atoms with Crippen molar-refractivity contribution >= 4 is 5.69 Å². The summed E-state index contributed by atoms with van der Waals surface area (Å²) in [6.45, 7) is 8.97. The molecular weight excluding hydrogens is 230 g/mol. The van der Waals surface area contributed by atoms with Crippen LogP contribution in [-0.2, 0) is 0 Å². The fourth-order valence-electron chi connectivity index (χ4n) is 1.82. The van der Waals surface area contributed by atoms with Crippen LogP contribution in [0.1, 0.15) is 44.5 Å². The van der Waals surface area contributed by atoms with Crippen LogP contribution in [0.15, 0.2) is 12.1 Å². The average molecular weight is 251 g/mol. The number of aromatic nitrogens is 1. The third kappa shape index (κ3) is 3.50. The summed E-state index contributed by atoms with van der Waals surface area (Å²) >= 11 is 0. The van der Waals surface area contributed by atoms with Crippen LogP contribution in [0, 0.1) is 17.0 Å². The van der Waals surface area contributed by atoms with E-state index in [0.717, 1.165) is 18.7 Å². The largest absolute Gasteiger partial charge is 0.314 e. The van der Waals surface area contributed by atoms with Gasteiger partial charge >= 0.3 is 0 Å². The molecule has 5 nitrogen and oxygen atoms in total. The van der Waals surface area contributed by atoms with Gasteiger partial charge in [0.25, 0.3) is 5.69 Å². The van der Waals surface area contributed by atoms with E-state index in [1.165, 1.54) is 0 Å². The summed E-state index contributed by atoms with van der Waals surface area (Å²) in [6.07, 6.45) is 1.09. The standard InChI is InChI=1S/C13H21N3O2/c1-5-8-14-10(3)9(2)12-6-7-13(16(17)18)11(4)15-12/h6-7,9-10,14H,5,8H2,1-4H3. The zero-order valence-electron chi connectivity index (χ0n) is 11.4. The van der Waals surface area contributed by atoms with Crippen molar-refractivity contribution in [1.82, 2.24) is 10.3 Å². The lowest BCUT2D eigenvalue weighted by atomic mass is 9.98. The fourth-order valence-corrected chi connectivity index (χ4v) is 1.82. The highest BCUT2D eigenvalue weighted by molar-refractivity contribution is 5.36. The molecule has 5 heteroatoms. The monoisotopic (exact) mass is 251 g/mol. The van der Waals surface area contributed by atoms with Crippen LogP contribution in [0.4, 0.5) is 5.69 Å². The van der Waals surface area contributed by atoms with Crippen molar-refractivity contribution in [2.45, 2.75) is 46.1 Å². The molecule has 1 aromatic rings. The first kappa shape index (κ1) is 14.6. The molecule has 0 radical (unpaired) electrons. The second-order valence-electron chi connectivity index (χ2n) is 4.63. The van der Waals surface area contributed by atoms with E-state index in [1.807, 2.05) is 0 Å². The Morgan fingerprint density at radius 2 is 2.11 bits per heavy atom. The van der Waals surface area contributed by atoms with Gasteiger partial charge in [0.1, 0.15) is 5.69 Å². The fraction of sp³-hybridized carbons (Fsp3) is 0.615. The summed E-state index contributed by atoms with van der Waals surface area (Å²) in [5, 5.41) is 14.1. The van der Waals surface area contributed by atoms with Crippen molar-refractivity contribution in [3.05, 3.63) is 33.6 Å². The van der Waals surface area contributed by atoms with Crippen LogP contribution in [0.2, 0.25) is 0 Å². The molecular formula is C13H21N3O2. The maximum Gasteiger partial charge on any atom is 0.290 e. The lowest BCUT2D eigenvalue weighted by Gasteiger charge is -2.20. The number of nitro groups is 1. The SMILES string of the molecule is CCCNC(C)C(C)c1ccc([N+](=O)[O-])c(C)n1. The molecule has 0 aromatic carbocycles. The summed E-state index contributed by atoms with van der Waals surface area (Å²) in [4.78, 5) is 14.7. The molecule has 1 rings (SSSR count). The molecule has 0 amide bonds. The smallest absolute Gasteiger partial charge is 0.290 e. The highest BCUT2D eigenvalue weighted by Crippen LogP contribution is 2.22. The van der Waals surface area contributed by atoms with Gasteiger partial charge in [-0.25, -0.2) is 0 Å². The number of pyridine rings is 1. The Labute approximate surface area is 108 Å². The second-order valence-corrected chi connectivity index (χ2v) is 4.63. The third-order valence-electron chi connectivity index (χ3n) is 3.21. The lowest BCUT2D eigenvalue weighted by molar-refractivity contribution is -0.385. The number of nitrogens with zero attached hydrogens (tertiary/aromatic N) is 2. The highest BCUT2D eigenvalue weighted by atomic mass is 16.6. The van der Waals surface area contributed by atoms with E-state index in [-0.39, 0.29) is 11.6 Å². The first-order valence-electron chi connectivity index (χ1n) is 6.32. The van der Waals surface area contributed by atoms with Gasteiger partial charge in [-0.3, -0.25) is 15.1 Å². The van der Waals surface area contributed by atoms with Crippen LogP contribution in [0.25, 0.3) is 0 Å². The van der Waals surface area contributed by atoms with Gasteiger partial charge in [-0.1, -0.05) is 13.8 Å². The number of rotatable bonds is 6. The summed E-state index contributed by atoms with van der Waals surface area (Å²) < 4.78 is 0. The van der Waals surface area contributed by atoms with E-state index in [2.05, 4.69) is 31.1 Å². The quantitative estimate of drug-likeness (QED) is 0.623. The van der Waals surface area contributed by atoms with Crippen LogP contribution in [0.3, 0.4) is 0 Å². The zero-order chi connectivity index (χ0) is 13.7. The minimum absolute atomic E-state index is 0.0834. The molecule has 0 aliphatic rings. The highest BCUT2D eigenvalue weighted by Gasteiger charge is 2.18. The van der Waals surface area contributed by atoms with Crippen molar-refractivity contribution in [2.24, 2.45) is 0 Å². The van der Waals surface area contributed by atoms with E-state index in [9.17, 15) is 10.1 Å². The zero-order valence-corrected chi connectivity index (χ0v) is 11.4. The summed E-state index contributed by atoms with van der Waals surface area (Å²) in [5.41, 5.74) is 1.46. The predicted molar refractivity (Wildman–Crippen MR) is 71.8 cm³/mol.